The molecule has 0 aromatic heterocycles. The van der Waals surface area contributed by atoms with Gasteiger partial charge in [-0.2, -0.15) is 11.8 Å². The van der Waals surface area contributed by atoms with Gasteiger partial charge in [0, 0.05) is 6.61 Å². The molecule has 1 unspecified atom stereocenters. The van der Waals surface area contributed by atoms with E-state index in [1.807, 2.05) is 11.8 Å². The summed E-state index contributed by atoms with van der Waals surface area (Å²) >= 11 is 2.05. The van der Waals surface area contributed by atoms with Crippen molar-refractivity contribution in [3.05, 3.63) is 0 Å². The first-order valence-electron chi connectivity index (χ1n) is 8.08. The van der Waals surface area contributed by atoms with Gasteiger partial charge in [-0.1, -0.05) is 26.7 Å². The molecule has 1 atom stereocenters. The van der Waals surface area contributed by atoms with E-state index in [2.05, 4.69) is 13.8 Å². The molecule has 112 valence electrons. The zero-order chi connectivity index (χ0) is 13.8. The molecule has 2 heterocycles. The third-order valence-corrected chi connectivity index (χ3v) is 6.01. The smallest absolute Gasteiger partial charge is 0.0702 e. The average Bonchev–Trinajstić information content (AvgIpc) is 2.40. The molecule has 0 aliphatic carbocycles. The summed E-state index contributed by atoms with van der Waals surface area (Å²) in [4.78, 5) is 0. The van der Waals surface area contributed by atoms with Gasteiger partial charge in [-0.3, -0.25) is 0 Å². The predicted octanol–water partition coefficient (Wildman–Crippen LogP) is 4.01. The van der Waals surface area contributed by atoms with Crippen molar-refractivity contribution >= 4 is 11.8 Å². The van der Waals surface area contributed by atoms with Crippen LogP contribution in [0.4, 0.5) is 0 Å². The molecular formula is C16H30O2S. The lowest BCUT2D eigenvalue weighted by molar-refractivity contribution is -0.150. The van der Waals surface area contributed by atoms with Gasteiger partial charge in [0.1, 0.15) is 0 Å². The molecule has 0 aromatic carbocycles. The Morgan fingerprint density at radius 1 is 1.21 bits per heavy atom. The van der Waals surface area contributed by atoms with Crippen LogP contribution in [-0.4, -0.2) is 34.4 Å². The second kappa shape index (κ2) is 6.82. The van der Waals surface area contributed by atoms with Gasteiger partial charge in [-0.05, 0) is 55.9 Å². The number of hydrogen-bond donors (Lipinski definition) is 1. The highest BCUT2D eigenvalue weighted by molar-refractivity contribution is 7.99. The molecule has 0 aromatic rings. The monoisotopic (exact) mass is 286 g/mol. The number of ether oxygens (including phenoxy) is 1. The lowest BCUT2D eigenvalue weighted by atomic mass is 9.70. The summed E-state index contributed by atoms with van der Waals surface area (Å²) in [6, 6.07) is 0. The zero-order valence-corrected chi connectivity index (χ0v) is 13.4. The molecule has 2 rings (SSSR count). The molecule has 2 aliphatic heterocycles. The molecular weight excluding hydrogens is 256 g/mol. The quantitative estimate of drug-likeness (QED) is 0.828. The van der Waals surface area contributed by atoms with Crippen LogP contribution in [-0.2, 0) is 4.74 Å². The maximum atomic E-state index is 11.1. The minimum absolute atomic E-state index is 0.101. The Balaban J connectivity index is 2.05. The van der Waals surface area contributed by atoms with E-state index in [0.717, 1.165) is 45.1 Å². The molecule has 2 saturated heterocycles. The van der Waals surface area contributed by atoms with Crippen molar-refractivity contribution in [3.63, 3.8) is 0 Å². The van der Waals surface area contributed by atoms with Gasteiger partial charge < -0.3 is 9.84 Å². The van der Waals surface area contributed by atoms with Crippen molar-refractivity contribution in [2.24, 2.45) is 5.92 Å². The summed E-state index contributed by atoms with van der Waals surface area (Å²) in [7, 11) is 0. The van der Waals surface area contributed by atoms with E-state index in [-0.39, 0.29) is 5.60 Å². The summed E-state index contributed by atoms with van der Waals surface area (Å²) in [6.45, 7) is 5.23. The lowest BCUT2D eigenvalue weighted by Gasteiger charge is -2.48. The lowest BCUT2D eigenvalue weighted by Crippen LogP contribution is -2.50. The van der Waals surface area contributed by atoms with Gasteiger partial charge in [0.05, 0.1) is 11.2 Å². The van der Waals surface area contributed by atoms with Crippen molar-refractivity contribution in [1.82, 2.24) is 0 Å². The van der Waals surface area contributed by atoms with E-state index < -0.39 is 5.60 Å². The fourth-order valence-corrected chi connectivity index (χ4v) is 5.21. The molecule has 19 heavy (non-hydrogen) atoms. The molecule has 1 N–H and O–H groups in total. The van der Waals surface area contributed by atoms with Crippen LogP contribution in [0.15, 0.2) is 0 Å². The predicted molar refractivity (Wildman–Crippen MR) is 82.7 cm³/mol. The van der Waals surface area contributed by atoms with Gasteiger partial charge in [0.2, 0.25) is 0 Å². The largest absolute Gasteiger partial charge is 0.390 e. The highest BCUT2D eigenvalue weighted by atomic mass is 32.2. The Bertz CT molecular complexity index is 262. The maximum absolute atomic E-state index is 11.1. The van der Waals surface area contributed by atoms with Crippen LogP contribution < -0.4 is 0 Å². The summed E-state index contributed by atoms with van der Waals surface area (Å²) in [5.41, 5.74) is -0.339. The van der Waals surface area contributed by atoms with E-state index in [9.17, 15) is 5.11 Å². The van der Waals surface area contributed by atoms with E-state index >= 15 is 0 Å². The SMILES string of the molecule is CCCC(O)(CCC)C1CCOC2(CCSCC2)C1. The Morgan fingerprint density at radius 2 is 1.84 bits per heavy atom. The molecule has 0 radical (unpaired) electrons. The Labute approximate surface area is 122 Å². The van der Waals surface area contributed by atoms with Crippen LogP contribution >= 0.6 is 11.8 Å². The molecule has 3 heteroatoms. The number of thioether (sulfide) groups is 1. The van der Waals surface area contributed by atoms with Crippen LogP contribution in [0.2, 0.25) is 0 Å². The third-order valence-electron chi connectivity index (χ3n) is 5.02. The van der Waals surface area contributed by atoms with E-state index in [4.69, 9.17) is 4.74 Å². The Kier molecular flexibility index (Phi) is 5.62. The Hall–Kier alpha value is 0.270. The maximum Gasteiger partial charge on any atom is 0.0702 e. The van der Waals surface area contributed by atoms with Crippen molar-refractivity contribution in [2.75, 3.05) is 18.1 Å². The van der Waals surface area contributed by atoms with Crippen molar-refractivity contribution in [1.29, 1.82) is 0 Å². The van der Waals surface area contributed by atoms with E-state index in [1.165, 1.54) is 24.3 Å². The molecule has 1 spiro atoms. The molecule has 0 saturated carbocycles. The minimum Gasteiger partial charge on any atom is -0.390 e. The molecule has 2 aliphatic rings. The van der Waals surface area contributed by atoms with Gasteiger partial charge in [0.25, 0.3) is 0 Å². The van der Waals surface area contributed by atoms with Gasteiger partial charge >= 0.3 is 0 Å². The third kappa shape index (κ3) is 3.68. The topological polar surface area (TPSA) is 29.5 Å². The van der Waals surface area contributed by atoms with Crippen molar-refractivity contribution in [3.8, 4) is 0 Å². The highest BCUT2D eigenvalue weighted by Crippen LogP contribution is 2.45. The summed E-state index contributed by atoms with van der Waals surface area (Å²) in [5, 5.41) is 11.1. The number of rotatable bonds is 5. The zero-order valence-electron chi connectivity index (χ0n) is 12.6. The second-order valence-corrected chi connectivity index (χ2v) is 7.66. The highest BCUT2D eigenvalue weighted by Gasteiger charge is 2.45. The first kappa shape index (κ1) is 15.7. The van der Waals surface area contributed by atoms with Gasteiger partial charge in [-0.15, -0.1) is 0 Å². The molecule has 0 amide bonds. The van der Waals surface area contributed by atoms with Gasteiger partial charge in [0.15, 0.2) is 0 Å². The normalized spacial score (nSPS) is 27.6. The number of aliphatic hydroxyl groups is 1. The fourth-order valence-electron chi connectivity index (χ4n) is 3.98. The first-order chi connectivity index (χ1) is 9.14. The Morgan fingerprint density at radius 3 is 2.42 bits per heavy atom. The molecule has 2 nitrogen and oxygen atoms in total. The van der Waals surface area contributed by atoms with Crippen molar-refractivity contribution < 1.29 is 9.84 Å². The van der Waals surface area contributed by atoms with E-state index in [1.54, 1.807) is 0 Å². The van der Waals surface area contributed by atoms with Crippen LogP contribution in [0.3, 0.4) is 0 Å². The standard InChI is InChI=1S/C16H30O2S/c1-3-6-16(17,7-4-2)14-5-10-18-15(13-14)8-11-19-12-9-15/h14,17H,3-13H2,1-2H3. The summed E-state index contributed by atoms with van der Waals surface area (Å²) in [6.07, 6.45) is 8.57. The van der Waals surface area contributed by atoms with Crippen LogP contribution in [0.1, 0.15) is 65.2 Å². The summed E-state index contributed by atoms with van der Waals surface area (Å²) < 4.78 is 6.16. The van der Waals surface area contributed by atoms with Crippen LogP contribution in [0, 0.1) is 5.92 Å². The average molecular weight is 286 g/mol. The van der Waals surface area contributed by atoms with Crippen LogP contribution in [0.25, 0.3) is 0 Å². The summed E-state index contributed by atoms with van der Waals surface area (Å²) in [5.74, 6) is 2.91. The van der Waals surface area contributed by atoms with Gasteiger partial charge in [-0.25, -0.2) is 0 Å². The van der Waals surface area contributed by atoms with E-state index in [0.29, 0.717) is 5.92 Å². The molecule has 2 fully saturated rings. The second-order valence-electron chi connectivity index (χ2n) is 6.44. The van der Waals surface area contributed by atoms with Crippen LogP contribution in [0.5, 0.6) is 0 Å². The first-order valence-corrected chi connectivity index (χ1v) is 9.24. The molecule has 0 bridgehead atoms. The van der Waals surface area contributed by atoms with Crippen molar-refractivity contribution in [2.45, 2.75) is 76.4 Å². The fraction of sp³-hybridized carbons (Fsp3) is 1.00. The number of hydrogen-bond acceptors (Lipinski definition) is 3. The minimum atomic E-state index is -0.440.